The third-order valence-corrected chi connectivity index (χ3v) is 5.24. The van der Waals surface area contributed by atoms with Crippen molar-refractivity contribution in [1.82, 2.24) is 19.9 Å². The van der Waals surface area contributed by atoms with Gasteiger partial charge in [0.15, 0.2) is 11.6 Å². The Kier molecular flexibility index (Phi) is 7.50. The number of pyridine rings is 1. The van der Waals surface area contributed by atoms with Gasteiger partial charge in [0.05, 0.1) is 23.5 Å². The maximum Gasteiger partial charge on any atom is 0.248 e. The number of rotatable bonds is 11. The minimum Gasteiger partial charge on any atom is -0.492 e. The van der Waals surface area contributed by atoms with Crippen molar-refractivity contribution in [3.05, 3.63) is 84.7 Å². The normalized spacial score (nSPS) is 12.7. The fourth-order valence-electron chi connectivity index (χ4n) is 3.52. The average molecular weight is 520 g/mol. The molecule has 0 aliphatic heterocycles. The minimum absolute atomic E-state index is 0.0609. The van der Waals surface area contributed by atoms with Gasteiger partial charge in [-0.2, -0.15) is 0 Å². The SMILES string of the molecule is [2H]C([2H])([2H])N(C)C/C=C/C(=O)Nc1cc2c(Nc3ccc(OCc4ccccn4)c(F)c3)ncnc2cc1OCC. The Labute approximate surface area is 224 Å². The molecule has 196 valence electrons. The second-order valence-corrected chi connectivity index (χ2v) is 8.17. The van der Waals surface area contributed by atoms with Gasteiger partial charge in [0, 0.05) is 46.1 Å². The predicted octanol–water partition coefficient (Wildman–Crippen LogP) is 4.94. The van der Waals surface area contributed by atoms with Crippen LogP contribution >= 0.6 is 0 Å². The molecule has 0 fully saturated rings. The number of fused-ring (bicyclic) bond motifs is 1. The van der Waals surface area contributed by atoms with Crippen LogP contribution in [0, 0.1) is 5.82 Å². The first kappa shape index (κ1) is 22.6. The van der Waals surface area contributed by atoms with Gasteiger partial charge in [-0.3, -0.25) is 9.78 Å². The molecular weight excluding hydrogens is 487 g/mol. The lowest BCUT2D eigenvalue weighted by atomic mass is 10.1. The van der Waals surface area contributed by atoms with E-state index < -0.39 is 18.7 Å². The summed E-state index contributed by atoms with van der Waals surface area (Å²) < 4.78 is 48.2. The highest BCUT2D eigenvalue weighted by atomic mass is 19.1. The van der Waals surface area contributed by atoms with E-state index in [0.717, 1.165) is 4.90 Å². The molecule has 4 rings (SSSR count). The van der Waals surface area contributed by atoms with Crippen LogP contribution in [-0.4, -0.2) is 52.9 Å². The van der Waals surface area contributed by atoms with E-state index in [2.05, 4.69) is 25.6 Å². The van der Waals surface area contributed by atoms with Crippen LogP contribution < -0.4 is 20.1 Å². The standard InChI is InChI=1S/C28H29FN6O3/c1-4-37-26-16-23-21(15-24(26)34-27(36)9-7-13-35(2)3)28(32-18-31-23)33-19-10-11-25(22(29)14-19)38-17-20-8-5-6-12-30-20/h5-12,14-16,18H,4,13,17H2,1-3H3,(H,34,36)(H,31,32,33)/b9-7+/i2D3. The first-order valence-corrected chi connectivity index (χ1v) is 11.8. The zero-order chi connectivity index (χ0) is 29.4. The van der Waals surface area contributed by atoms with Crippen molar-refractivity contribution < 1.29 is 22.8 Å². The molecule has 0 radical (unpaired) electrons. The molecule has 10 heteroatoms. The van der Waals surface area contributed by atoms with Gasteiger partial charge in [-0.15, -0.1) is 0 Å². The first-order chi connectivity index (χ1) is 19.6. The van der Waals surface area contributed by atoms with Crippen LogP contribution in [-0.2, 0) is 11.4 Å². The highest BCUT2D eigenvalue weighted by Gasteiger charge is 2.14. The number of amides is 1. The number of carbonyl (C=O) groups is 1. The predicted molar refractivity (Wildman–Crippen MR) is 145 cm³/mol. The molecule has 2 heterocycles. The van der Waals surface area contributed by atoms with E-state index in [1.165, 1.54) is 37.7 Å². The van der Waals surface area contributed by atoms with E-state index in [9.17, 15) is 9.18 Å². The number of ether oxygens (including phenoxy) is 2. The number of hydrogen-bond donors (Lipinski definition) is 2. The Morgan fingerprint density at radius 1 is 1.13 bits per heavy atom. The number of nitrogens with one attached hydrogen (secondary N) is 2. The van der Waals surface area contributed by atoms with Gasteiger partial charge in [0.1, 0.15) is 24.5 Å². The Morgan fingerprint density at radius 3 is 2.79 bits per heavy atom. The molecule has 0 aliphatic carbocycles. The van der Waals surface area contributed by atoms with Gasteiger partial charge in [0.25, 0.3) is 0 Å². The summed E-state index contributed by atoms with van der Waals surface area (Å²) in [6, 6.07) is 13.2. The number of likely N-dealkylation sites (N-methyl/N-ethyl adjacent to an activating group) is 1. The Bertz CT molecular complexity index is 1540. The molecule has 2 aromatic heterocycles. The van der Waals surface area contributed by atoms with Crippen molar-refractivity contribution in [2.45, 2.75) is 13.5 Å². The average Bonchev–Trinajstić information content (AvgIpc) is 2.93. The van der Waals surface area contributed by atoms with E-state index in [1.807, 2.05) is 13.0 Å². The largest absolute Gasteiger partial charge is 0.492 e. The summed E-state index contributed by atoms with van der Waals surface area (Å²) in [6.45, 7) is 0.0819. The van der Waals surface area contributed by atoms with Crippen LogP contribution in [0.4, 0.5) is 21.6 Å². The maximum absolute atomic E-state index is 14.8. The first-order valence-electron chi connectivity index (χ1n) is 13.3. The summed E-state index contributed by atoms with van der Waals surface area (Å²) in [5.41, 5.74) is 2.00. The summed E-state index contributed by atoms with van der Waals surface area (Å²) >= 11 is 0. The highest BCUT2D eigenvalue weighted by molar-refractivity contribution is 6.03. The number of carbonyl (C=O) groups excluding carboxylic acids is 1. The van der Waals surface area contributed by atoms with Crippen LogP contribution in [0.15, 0.2) is 73.2 Å². The second kappa shape index (κ2) is 12.6. The molecule has 4 aromatic rings. The summed E-state index contributed by atoms with van der Waals surface area (Å²) in [4.78, 5) is 26.5. The number of anilines is 3. The van der Waals surface area contributed by atoms with Crippen molar-refractivity contribution in [2.24, 2.45) is 0 Å². The van der Waals surface area contributed by atoms with Gasteiger partial charge >= 0.3 is 0 Å². The zero-order valence-corrected chi connectivity index (χ0v) is 20.9. The lowest BCUT2D eigenvalue weighted by molar-refractivity contribution is -0.111. The third kappa shape index (κ3) is 7.01. The molecular formula is C28H29FN6O3. The Hall–Kier alpha value is -4.57. The van der Waals surface area contributed by atoms with E-state index in [1.54, 1.807) is 36.5 Å². The van der Waals surface area contributed by atoms with E-state index in [4.69, 9.17) is 13.6 Å². The Morgan fingerprint density at radius 2 is 2.03 bits per heavy atom. The van der Waals surface area contributed by atoms with Gasteiger partial charge in [-0.1, -0.05) is 12.1 Å². The summed E-state index contributed by atoms with van der Waals surface area (Å²) in [6.07, 6.45) is 5.71. The van der Waals surface area contributed by atoms with Crippen LogP contribution in [0.3, 0.4) is 0 Å². The van der Waals surface area contributed by atoms with Crippen LogP contribution in [0.25, 0.3) is 10.9 Å². The van der Waals surface area contributed by atoms with Gasteiger partial charge < -0.3 is 25.0 Å². The quantitative estimate of drug-likeness (QED) is 0.269. The molecule has 38 heavy (non-hydrogen) atoms. The third-order valence-electron chi connectivity index (χ3n) is 5.24. The van der Waals surface area contributed by atoms with Gasteiger partial charge in [-0.25, -0.2) is 14.4 Å². The minimum atomic E-state index is -2.26. The molecule has 0 bridgehead atoms. The monoisotopic (exact) mass is 519 g/mol. The maximum atomic E-state index is 14.8. The molecule has 0 aliphatic rings. The molecule has 9 nitrogen and oxygen atoms in total. The van der Waals surface area contributed by atoms with Crippen molar-refractivity contribution in [3.63, 3.8) is 0 Å². The fourth-order valence-corrected chi connectivity index (χ4v) is 3.52. The van der Waals surface area contributed by atoms with E-state index in [0.29, 0.717) is 46.1 Å². The summed E-state index contributed by atoms with van der Waals surface area (Å²) in [5, 5.41) is 6.41. The van der Waals surface area contributed by atoms with Crippen molar-refractivity contribution in [3.8, 4) is 11.5 Å². The van der Waals surface area contributed by atoms with Crippen LogP contribution in [0.1, 0.15) is 16.7 Å². The molecule has 0 spiro atoms. The van der Waals surface area contributed by atoms with Crippen molar-refractivity contribution in [1.29, 1.82) is 0 Å². The van der Waals surface area contributed by atoms with Gasteiger partial charge in [0.2, 0.25) is 5.91 Å². The molecule has 1 amide bonds. The molecule has 0 atom stereocenters. The topological polar surface area (TPSA) is 102 Å². The van der Waals surface area contributed by atoms with Crippen molar-refractivity contribution >= 4 is 34.0 Å². The van der Waals surface area contributed by atoms with Crippen LogP contribution in [0.5, 0.6) is 11.5 Å². The number of hydrogen-bond acceptors (Lipinski definition) is 8. The molecule has 2 N–H and O–H groups in total. The Balaban J connectivity index is 1.53. The molecule has 0 unspecified atom stereocenters. The number of nitrogens with zero attached hydrogens (tertiary/aromatic N) is 4. The van der Waals surface area contributed by atoms with E-state index in [-0.39, 0.29) is 18.9 Å². The van der Waals surface area contributed by atoms with Gasteiger partial charge in [-0.05, 0) is 51.3 Å². The molecule has 2 aromatic carbocycles. The number of aromatic nitrogens is 3. The van der Waals surface area contributed by atoms with Crippen molar-refractivity contribution in [2.75, 3.05) is 37.8 Å². The lowest BCUT2D eigenvalue weighted by Gasteiger charge is -2.14. The molecule has 0 saturated heterocycles. The van der Waals surface area contributed by atoms with Crippen LogP contribution in [0.2, 0.25) is 0 Å². The second-order valence-electron chi connectivity index (χ2n) is 8.17. The number of benzene rings is 2. The fraction of sp³-hybridized carbons (Fsp3) is 0.214. The highest BCUT2D eigenvalue weighted by Crippen LogP contribution is 2.34. The summed E-state index contributed by atoms with van der Waals surface area (Å²) in [5.74, 6) is -0.180. The van der Waals surface area contributed by atoms with E-state index >= 15 is 0 Å². The number of halogens is 1. The summed E-state index contributed by atoms with van der Waals surface area (Å²) in [7, 11) is 1.44. The zero-order valence-electron chi connectivity index (χ0n) is 23.9. The molecule has 0 saturated carbocycles. The lowest BCUT2D eigenvalue weighted by Crippen LogP contribution is -2.13. The smallest absolute Gasteiger partial charge is 0.248 e.